The second-order valence-corrected chi connectivity index (χ2v) is 5.97. The SMILES string of the molecule is N#Cc1ccc(F)c(CN2CCN(C(=O)c3ccccc3F)CC2)c1. The van der Waals surface area contributed by atoms with Crippen LogP contribution in [0.5, 0.6) is 0 Å². The maximum atomic E-state index is 13.9. The van der Waals surface area contributed by atoms with E-state index >= 15 is 0 Å². The van der Waals surface area contributed by atoms with Crippen LogP contribution >= 0.6 is 0 Å². The number of hydrogen-bond donors (Lipinski definition) is 0. The first kappa shape index (κ1) is 17.1. The second-order valence-electron chi connectivity index (χ2n) is 5.97. The standard InChI is InChI=1S/C19H17F2N3O/c20-17-6-5-14(12-22)11-15(17)13-23-7-9-24(10-8-23)19(25)16-3-1-2-4-18(16)21/h1-6,11H,7-10,13H2. The molecule has 6 heteroatoms. The molecule has 3 rings (SSSR count). The number of piperazine rings is 1. The zero-order valence-corrected chi connectivity index (χ0v) is 13.6. The van der Waals surface area contributed by atoms with Crippen molar-refractivity contribution in [1.82, 2.24) is 9.80 Å². The predicted molar refractivity (Wildman–Crippen MR) is 88.7 cm³/mol. The van der Waals surface area contributed by atoms with E-state index in [-0.39, 0.29) is 17.3 Å². The maximum Gasteiger partial charge on any atom is 0.256 e. The van der Waals surface area contributed by atoms with Crippen molar-refractivity contribution in [3.8, 4) is 6.07 Å². The summed E-state index contributed by atoms with van der Waals surface area (Å²) in [4.78, 5) is 16.0. The van der Waals surface area contributed by atoms with Crippen LogP contribution in [0.15, 0.2) is 42.5 Å². The van der Waals surface area contributed by atoms with E-state index in [0.717, 1.165) is 0 Å². The largest absolute Gasteiger partial charge is 0.336 e. The van der Waals surface area contributed by atoms with E-state index in [4.69, 9.17) is 5.26 Å². The first-order valence-electron chi connectivity index (χ1n) is 8.03. The van der Waals surface area contributed by atoms with Crippen LogP contribution in [0.3, 0.4) is 0 Å². The number of rotatable bonds is 3. The van der Waals surface area contributed by atoms with Gasteiger partial charge in [-0.3, -0.25) is 9.69 Å². The molecule has 0 unspecified atom stereocenters. The highest BCUT2D eigenvalue weighted by molar-refractivity contribution is 5.94. The Morgan fingerprint density at radius 2 is 1.76 bits per heavy atom. The van der Waals surface area contributed by atoms with Gasteiger partial charge in [0.2, 0.25) is 0 Å². The van der Waals surface area contributed by atoms with Crippen LogP contribution in [0.1, 0.15) is 21.5 Å². The maximum absolute atomic E-state index is 13.9. The molecule has 1 fully saturated rings. The molecule has 2 aromatic rings. The zero-order chi connectivity index (χ0) is 17.8. The van der Waals surface area contributed by atoms with Crippen LogP contribution in [0.2, 0.25) is 0 Å². The Balaban J connectivity index is 1.62. The lowest BCUT2D eigenvalue weighted by Gasteiger charge is -2.34. The summed E-state index contributed by atoms with van der Waals surface area (Å²) in [6.07, 6.45) is 0. The van der Waals surface area contributed by atoms with Gasteiger partial charge in [-0.1, -0.05) is 12.1 Å². The molecule has 0 radical (unpaired) electrons. The molecule has 1 amide bonds. The molecule has 0 saturated carbocycles. The highest BCUT2D eigenvalue weighted by atomic mass is 19.1. The van der Waals surface area contributed by atoms with Crippen LogP contribution in [0.4, 0.5) is 8.78 Å². The molecule has 2 aromatic carbocycles. The third-order valence-corrected chi connectivity index (χ3v) is 4.33. The highest BCUT2D eigenvalue weighted by Crippen LogP contribution is 2.16. The number of carbonyl (C=O) groups is 1. The molecule has 0 aliphatic carbocycles. The summed E-state index contributed by atoms with van der Waals surface area (Å²) in [5, 5.41) is 8.92. The lowest BCUT2D eigenvalue weighted by Crippen LogP contribution is -2.48. The quantitative estimate of drug-likeness (QED) is 0.862. The fourth-order valence-electron chi connectivity index (χ4n) is 2.92. The van der Waals surface area contributed by atoms with Crippen molar-refractivity contribution in [2.45, 2.75) is 6.54 Å². The van der Waals surface area contributed by atoms with Crippen LogP contribution in [0.25, 0.3) is 0 Å². The molecule has 0 spiro atoms. The molecule has 0 atom stereocenters. The third kappa shape index (κ3) is 3.83. The van der Waals surface area contributed by atoms with Gasteiger partial charge in [-0.05, 0) is 30.3 Å². The van der Waals surface area contributed by atoms with Gasteiger partial charge in [-0.25, -0.2) is 8.78 Å². The van der Waals surface area contributed by atoms with Crippen molar-refractivity contribution in [3.63, 3.8) is 0 Å². The minimum absolute atomic E-state index is 0.0729. The molecule has 0 aromatic heterocycles. The predicted octanol–water partition coefficient (Wildman–Crippen LogP) is 2.79. The molecule has 128 valence electrons. The van der Waals surface area contributed by atoms with Gasteiger partial charge in [0.25, 0.3) is 5.91 Å². The first-order valence-corrected chi connectivity index (χ1v) is 8.03. The Labute approximate surface area is 144 Å². The summed E-state index contributed by atoms with van der Waals surface area (Å²) in [5.74, 6) is -1.19. The highest BCUT2D eigenvalue weighted by Gasteiger charge is 2.24. The Morgan fingerprint density at radius 3 is 2.44 bits per heavy atom. The summed E-state index contributed by atoms with van der Waals surface area (Å²) >= 11 is 0. The molecule has 1 saturated heterocycles. The summed E-state index contributed by atoms with van der Waals surface area (Å²) in [7, 11) is 0. The Kier molecular flexibility index (Phi) is 5.05. The third-order valence-electron chi connectivity index (χ3n) is 4.33. The molecule has 1 heterocycles. The van der Waals surface area contributed by atoms with Crippen LogP contribution in [-0.2, 0) is 6.54 Å². The minimum Gasteiger partial charge on any atom is -0.336 e. The lowest BCUT2D eigenvalue weighted by atomic mass is 10.1. The molecular formula is C19H17F2N3O. The zero-order valence-electron chi connectivity index (χ0n) is 13.6. The van der Waals surface area contributed by atoms with Gasteiger partial charge in [0.1, 0.15) is 11.6 Å². The molecule has 1 aliphatic rings. The van der Waals surface area contributed by atoms with Gasteiger partial charge in [-0.15, -0.1) is 0 Å². The monoisotopic (exact) mass is 341 g/mol. The number of benzene rings is 2. The van der Waals surface area contributed by atoms with Gasteiger partial charge in [0, 0.05) is 38.3 Å². The Hall–Kier alpha value is -2.78. The van der Waals surface area contributed by atoms with Gasteiger partial charge < -0.3 is 4.90 Å². The Bertz CT molecular complexity index is 824. The van der Waals surface area contributed by atoms with Crippen molar-refractivity contribution in [1.29, 1.82) is 5.26 Å². The summed E-state index contributed by atoms with van der Waals surface area (Å²) in [6.45, 7) is 2.41. The summed E-state index contributed by atoms with van der Waals surface area (Å²) < 4.78 is 27.6. The number of hydrogen-bond acceptors (Lipinski definition) is 3. The van der Waals surface area contributed by atoms with Gasteiger partial charge in [0.05, 0.1) is 17.2 Å². The van der Waals surface area contributed by atoms with Crippen molar-refractivity contribution in [2.75, 3.05) is 26.2 Å². The number of nitriles is 1. The van der Waals surface area contributed by atoms with Crippen molar-refractivity contribution < 1.29 is 13.6 Å². The second kappa shape index (κ2) is 7.41. The number of nitrogens with zero attached hydrogens (tertiary/aromatic N) is 3. The van der Waals surface area contributed by atoms with E-state index in [1.807, 2.05) is 11.0 Å². The Morgan fingerprint density at radius 1 is 1.04 bits per heavy atom. The van der Waals surface area contributed by atoms with Gasteiger partial charge in [0.15, 0.2) is 0 Å². The van der Waals surface area contributed by atoms with E-state index in [0.29, 0.717) is 43.9 Å². The lowest BCUT2D eigenvalue weighted by molar-refractivity contribution is 0.0622. The van der Waals surface area contributed by atoms with E-state index in [1.54, 1.807) is 23.1 Å². The molecular weight excluding hydrogens is 324 g/mol. The normalized spacial score (nSPS) is 15.0. The first-order chi connectivity index (χ1) is 12.1. The minimum atomic E-state index is -0.523. The van der Waals surface area contributed by atoms with Crippen LogP contribution in [0, 0.1) is 23.0 Å². The van der Waals surface area contributed by atoms with E-state index < -0.39 is 5.82 Å². The smallest absolute Gasteiger partial charge is 0.256 e. The average Bonchev–Trinajstić information content (AvgIpc) is 2.64. The number of carbonyl (C=O) groups excluding carboxylic acids is 1. The number of halogens is 2. The summed E-state index contributed by atoms with van der Waals surface area (Å²) in [6, 6.07) is 12.2. The van der Waals surface area contributed by atoms with E-state index in [9.17, 15) is 13.6 Å². The van der Waals surface area contributed by atoms with Crippen molar-refractivity contribution in [2.24, 2.45) is 0 Å². The fraction of sp³-hybridized carbons (Fsp3) is 0.263. The molecule has 1 aliphatic heterocycles. The average molecular weight is 341 g/mol. The summed E-state index contributed by atoms with van der Waals surface area (Å²) in [5.41, 5.74) is 0.960. The van der Waals surface area contributed by atoms with Gasteiger partial charge in [-0.2, -0.15) is 5.26 Å². The van der Waals surface area contributed by atoms with Gasteiger partial charge >= 0.3 is 0 Å². The molecule has 0 N–H and O–H groups in total. The number of amides is 1. The molecule has 0 bridgehead atoms. The molecule has 4 nitrogen and oxygen atoms in total. The fourth-order valence-corrected chi connectivity index (χ4v) is 2.92. The van der Waals surface area contributed by atoms with Crippen LogP contribution in [-0.4, -0.2) is 41.9 Å². The molecule has 25 heavy (non-hydrogen) atoms. The van der Waals surface area contributed by atoms with E-state index in [2.05, 4.69) is 0 Å². The van der Waals surface area contributed by atoms with Crippen molar-refractivity contribution >= 4 is 5.91 Å². The van der Waals surface area contributed by atoms with E-state index in [1.165, 1.54) is 24.3 Å². The van der Waals surface area contributed by atoms with Crippen LogP contribution < -0.4 is 0 Å². The van der Waals surface area contributed by atoms with Crippen molar-refractivity contribution in [3.05, 3.63) is 70.8 Å². The topological polar surface area (TPSA) is 47.3 Å².